The van der Waals surface area contributed by atoms with Gasteiger partial charge in [-0.25, -0.2) is 14.4 Å². The molecule has 2 rings (SSSR count). The third-order valence-electron chi connectivity index (χ3n) is 2.92. The Balaban J connectivity index is 1.95. The van der Waals surface area contributed by atoms with Gasteiger partial charge in [-0.05, 0) is 24.5 Å². The second-order valence-corrected chi connectivity index (χ2v) is 4.61. The fourth-order valence-corrected chi connectivity index (χ4v) is 1.97. The van der Waals surface area contributed by atoms with Gasteiger partial charge in [0.25, 0.3) is 0 Å². The lowest BCUT2D eigenvalue weighted by atomic mass is 10.1. The van der Waals surface area contributed by atoms with E-state index in [1.165, 1.54) is 6.07 Å². The van der Waals surface area contributed by atoms with Gasteiger partial charge in [0, 0.05) is 19.0 Å². The van der Waals surface area contributed by atoms with E-state index in [9.17, 15) is 4.39 Å². The monoisotopic (exact) mass is 274 g/mol. The van der Waals surface area contributed by atoms with Crippen LogP contribution in [0.2, 0.25) is 0 Å². The molecule has 3 N–H and O–H groups in total. The predicted octanol–water partition coefficient (Wildman–Crippen LogP) is 2.81. The van der Waals surface area contributed by atoms with Crippen molar-refractivity contribution in [1.29, 1.82) is 0 Å². The molecule has 1 heterocycles. The number of hydrogen-bond donors (Lipinski definition) is 2. The topological polar surface area (TPSA) is 63.8 Å². The summed E-state index contributed by atoms with van der Waals surface area (Å²) in [4.78, 5) is 8.55. The summed E-state index contributed by atoms with van der Waals surface area (Å²) in [6.07, 6.45) is 2.37. The van der Waals surface area contributed by atoms with Crippen molar-refractivity contribution in [2.75, 3.05) is 17.6 Å². The number of anilines is 2. The highest BCUT2D eigenvalue weighted by Gasteiger charge is 2.03. The van der Waals surface area contributed by atoms with Gasteiger partial charge in [0.1, 0.15) is 23.3 Å². The molecule has 1 aromatic heterocycles. The first-order valence-electron chi connectivity index (χ1n) is 6.79. The van der Waals surface area contributed by atoms with E-state index in [1.54, 1.807) is 18.2 Å². The average molecular weight is 274 g/mol. The number of nitrogens with zero attached hydrogens (tertiary/aromatic N) is 2. The van der Waals surface area contributed by atoms with Crippen LogP contribution < -0.4 is 11.1 Å². The summed E-state index contributed by atoms with van der Waals surface area (Å²) in [6.45, 7) is 2.67. The van der Waals surface area contributed by atoms with Crippen LogP contribution in [0.5, 0.6) is 0 Å². The van der Waals surface area contributed by atoms with E-state index in [-0.39, 0.29) is 5.82 Å². The van der Waals surface area contributed by atoms with E-state index in [4.69, 9.17) is 5.73 Å². The van der Waals surface area contributed by atoms with Crippen molar-refractivity contribution in [1.82, 2.24) is 9.97 Å². The van der Waals surface area contributed by atoms with E-state index >= 15 is 0 Å². The molecule has 5 heteroatoms. The molecule has 106 valence electrons. The first-order chi connectivity index (χ1) is 9.69. The maximum Gasteiger partial charge on any atom is 0.133 e. The third-order valence-corrected chi connectivity index (χ3v) is 2.92. The predicted molar refractivity (Wildman–Crippen MR) is 79.0 cm³/mol. The molecule has 0 unspecified atom stereocenters. The first-order valence-corrected chi connectivity index (χ1v) is 6.79. The molecule has 0 atom stereocenters. The lowest BCUT2D eigenvalue weighted by Gasteiger charge is -2.08. The maximum atomic E-state index is 13.5. The molecule has 0 bridgehead atoms. The lowest BCUT2D eigenvalue weighted by Crippen LogP contribution is -2.10. The Labute approximate surface area is 118 Å². The van der Waals surface area contributed by atoms with Crippen molar-refractivity contribution in [2.24, 2.45) is 0 Å². The van der Waals surface area contributed by atoms with Gasteiger partial charge in [0.15, 0.2) is 0 Å². The Morgan fingerprint density at radius 3 is 2.75 bits per heavy atom. The van der Waals surface area contributed by atoms with Gasteiger partial charge in [0.2, 0.25) is 0 Å². The maximum absolute atomic E-state index is 13.5. The van der Waals surface area contributed by atoms with Gasteiger partial charge in [-0.2, -0.15) is 0 Å². The number of benzene rings is 1. The van der Waals surface area contributed by atoms with Gasteiger partial charge >= 0.3 is 0 Å². The molecule has 4 nitrogen and oxygen atoms in total. The van der Waals surface area contributed by atoms with E-state index in [1.807, 2.05) is 6.07 Å². The number of aromatic nitrogens is 2. The van der Waals surface area contributed by atoms with Crippen LogP contribution in [0.4, 0.5) is 16.0 Å². The molecular formula is C15H19FN4. The Bertz CT molecular complexity index is 572. The van der Waals surface area contributed by atoms with Crippen LogP contribution in [-0.2, 0) is 12.8 Å². The minimum Gasteiger partial charge on any atom is -0.384 e. The zero-order valence-corrected chi connectivity index (χ0v) is 11.6. The van der Waals surface area contributed by atoms with Crippen LogP contribution in [0.25, 0.3) is 0 Å². The van der Waals surface area contributed by atoms with Gasteiger partial charge in [-0.3, -0.25) is 0 Å². The highest BCUT2D eigenvalue weighted by molar-refractivity contribution is 5.44. The molecule has 0 spiro atoms. The number of nitrogens with one attached hydrogen (secondary N) is 1. The summed E-state index contributed by atoms with van der Waals surface area (Å²) in [5, 5.41) is 3.16. The molecule has 0 saturated heterocycles. The number of nitrogens with two attached hydrogens (primary N) is 1. The number of hydrogen-bond acceptors (Lipinski definition) is 4. The minimum absolute atomic E-state index is 0.178. The van der Waals surface area contributed by atoms with Crippen LogP contribution >= 0.6 is 0 Å². The summed E-state index contributed by atoms with van der Waals surface area (Å²) in [5.74, 6) is 1.71. The molecule has 0 aliphatic heterocycles. The van der Waals surface area contributed by atoms with Crippen LogP contribution in [0.3, 0.4) is 0 Å². The van der Waals surface area contributed by atoms with E-state index < -0.39 is 0 Å². The van der Waals surface area contributed by atoms with Gasteiger partial charge in [-0.1, -0.05) is 25.1 Å². The first kappa shape index (κ1) is 14.2. The molecule has 0 saturated carbocycles. The Morgan fingerprint density at radius 2 is 2.00 bits per heavy atom. The molecule has 0 radical (unpaired) electrons. The smallest absolute Gasteiger partial charge is 0.133 e. The Kier molecular flexibility index (Phi) is 4.87. The zero-order valence-electron chi connectivity index (χ0n) is 11.6. The van der Waals surface area contributed by atoms with Gasteiger partial charge < -0.3 is 11.1 Å². The summed E-state index contributed by atoms with van der Waals surface area (Å²) < 4.78 is 13.5. The van der Waals surface area contributed by atoms with E-state index in [0.29, 0.717) is 30.2 Å². The van der Waals surface area contributed by atoms with Crippen molar-refractivity contribution in [3.05, 3.63) is 47.5 Å². The van der Waals surface area contributed by atoms with E-state index in [2.05, 4.69) is 22.2 Å². The summed E-state index contributed by atoms with van der Waals surface area (Å²) in [5.41, 5.74) is 6.44. The highest BCUT2D eigenvalue weighted by Crippen LogP contribution is 2.11. The minimum atomic E-state index is -0.178. The molecule has 1 aromatic carbocycles. The second kappa shape index (κ2) is 6.84. The van der Waals surface area contributed by atoms with E-state index in [0.717, 1.165) is 18.7 Å². The fourth-order valence-electron chi connectivity index (χ4n) is 1.97. The van der Waals surface area contributed by atoms with Crippen LogP contribution in [0.1, 0.15) is 24.7 Å². The largest absolute Gasteiger partial charge is 0.384 e. The average Bonchev–Trinajstić information content (AvgIpc) is 2.41. The fraction of sp³-hybridized carbons (Fsp3) is 0.333. The second-order valence-electron chi connectivity index (χ2n) is 4.61. The molecular weight excluding hydrogens is 255 g/mol. The third kappa shape index (κ3) is 3.91. The normalized spacial score (nSPS) is 10.5. The number of halogens is 1. The number of rotatable bonds is 6. The van der Waals surface area contributed by atoms with Gasteiger partial charge in [0.05, 0.1) is 0 Å². The highest BCUT2D eigenvalue weighted by atomic mass is 19.1. The number of aryl methyl sites for hydroxylation is 1. The molecule has 0 aliphatic carbocycles. The van der Waals surface area contributed by atoms with Crippen molar-refractivity contribution < 1.29 is 4.39 Å². The summed E-state index contributed by atoms with van der Waals surface area (Å²) in [6, 6.07) is 8.47. The molecule has 2 aromatic rings. The molecule has 0 fully saturated rings. The lowest BCUT2D eigenvalue weighted by molar-refractivity contribution is 0.610. The van der Waals surface area contributed by atoms with Crippen molar-refractivity contribution in [2.45, 2.75) is 26.2 Å². The Morgan fingerprint density at radius 1 is 1.20 bits per heavy atom. The van der Waals surface area contributed by atoms with Crippen molar-refractivity contribution >= 4 is 11.6 Å². The van der Waals surface area contributed by atoms with Crippen molar-refractivity contribution in [3.8, 4) is 0 Å². The SMILES string of the molecule is CCCc1nc(N)cc(NCCc2ccccc2F)n1. The van der Waals surface area contributed by atoms with Crippen molar-refractivity contribution in [3.63, 3.8) is 0 Å². The van der Waals surface area contributed by atoms with Gasteiger partial charge in [-0.15, -0.1) is 0 Å². The standard InChI is InChI=1S/C15H19FN4/c1-2-5-14-19-13(17)10-15(20-14)18-9-8-11-6-3-4-7-12(11)16/h3-4,6-7,10H,2,5,8-9H2,1H3,(H3,17,18,19,20). The quantitative estimate of drug-likeness (QED) is 0.850. The van der Waals surface area contributed by atoms with Crippen LogP contribution in [-0.4, -0.2) is 16.5 Å². The molecule has 0 amide bonds. The summed E-state index contributed by atoms with van der Waals surface area (Å²) in [7, 11) is 0. The number of nitrogen functional groups attached to an aromatic ring is 1. The molecule has 0 aliphatic rings. The van der Waals surface area contributed by atoms with Crippen LogP contribution in [0, 0.1) is 5.82 Å². The zero-order chi connectivity index (χ0) is 14.4. The Hall–Kier alpha value is -2.17. The molecule has 20 heavy (non-hydrogen) atoms. The summed E-state index contributed by atoms with van der Waals surface area (Å²) >= 11 is 0. The van der Waals surface area contributed by atoms with Crippen LogP contribution in [0.15, 0.2) is 30.3 Å².